The van der Waals surface area contributed by atoms with Crippen LogP contribution in [0.1, 0.15) is 115 Å². The highest BCUT2D eigenvalue weighted by molar-refractivity contribution is 6.01. The lowest BCUT2D eigenvalue weighted by molar-refractivity contribution is -0.136. The van der Waals surface area contributed by atoms with Crippen molar-refractivity contribution in [2.45, 2.75) is 89.6 Å². The lowest BCUT2D eigenvalue weighted by Crippen LogP contribution is -2.48. The first kappa shape index (κ1) is 46.5. The number of aryl methyl sites for hydroxylation is 2. The van der Waals surface area contributed by atoms with Gasteiger partial charge in [-0.3, -0.25) is 38.4 Å². The van der Waals surface area contributed by atoms with E-state index in [0.717, 1.165) is 96.7 Å². The summed E-state index contributed by atoms with van der Waals surface area (Å²) in [5.41, 5.74) is 6.30. The first-order valence-corrected chi connectivity index (χ1v) is 24.4. The number of nitrogens with zero attached hydrogens (tertiary/aromatic N) is 4. The summed E-state index contributed by atoms with van der Waals surface area (Å²) in [5, 5.41) is 13.8. The molecule has 14 nitrogen and oxygen atoms in total. The van der Waals surface area contributed by atoms with Gasteiger partial charge in [-0.1, -0.05) is 54.3 Å². The van der Waals surface area contributed by atoms with Crippen LogP contribution in [0.15, 0.2) is 77.6 Å². The van der Waals surface area contributed by atoms with Gasteiger partial charge < -0.3 is 25.8 Å². The van der Waals surface area contributed by atoms with E-state index in [9.17, 15) is 28.8 Å². The van der Waals surface area contributed by atoms with Gasteiger partial charge in [0.25, 0.3) is 5.91 Å². The fourth-order valence-corrected chi connectivity index (χ4v) is 10.4. The van der Waals surface area contributed by atoms with Gasteiger partial charge in [0.1, 0.15) is 6.04 Å². The largest absolute Gasteiger partial charge is 0.345 e. The number of nitrogens with one attached hydrogen (secondary N) is 4. The summed E-state index contributed by atoms with van der Waals surface area (Å²) in [7, 11) is 1.72. The number of amides is 5. The Kier molecular flexibility index (Phi) is 13.9. The number of anilines is 1. The van der Waals surface area contributed by atoms with E-state index in [1.54, 1.807) is 17.7 Å². The SMILES string of the molecule is Cc1ccc(NC(=O)C2CNC2)cc1C(=O)N[C@H](C)c1ccc(C#CC2CCN(CCCCC(=O)N3CCC(c4ccc5c(c4)n(C)c(=O)n5C4CCC(=O)NC4=O)CC3)CC2)c2ccccc12. The van der Waals surface area contributed by atoms with Crippen LogP contribution in [0.25, 0.3) is 21.8 Å². The Balaban J connectivity index is 0.714. The van der Waals surface area contributed by atoms with Gasteiger partial charge in [-0.05, 0) is 142 Å². The molecular formula is C54H62N8O6. The predicted molar refractivity (Wildman–Crippen MR) is 263 cm³/mol. The summed E-state index contributed by atoms with van der Waals surface area (Å²) < 4.78 is 3.09. The van der Waals surface area contributed by atoms with Crippen LogP contribution in [0.5, 0.6) is 0 Å². The second kappa shape index (κ2) is 20.3. The smallest absolute Gasteiger partial charge is 0.329 e. The number of hydrogen-bond donors (Lipinski definition) is 4. The number of likely N-dealkylation sites (tertiary alicyclic amines) is 2. The molecule has 4 aromatic carbocycles. The average Bonchev–Trinajstić information content (AvgIpc) is 3.57. The molecule has 5 amide bonds. The van der Waals surface area contributed by atoms with Crippen molar-refractivity contribution in [2.24, 2.45) is 18.9 Å². The van der Waals surface area contributed by atoms with Gasteiger partial charge in [-0.2, -0.15) is 0 Å². The van der Waals surface area contributed by atoms with Crippen molar-refractivity contribution in [1.29, 1.82) is 0 Å². The van der Waals surface area contributed by atoms with Crippen molar-refractivity contribution < 1.29 is 24.0 Å². The number of fused-ring (bicyclic) bond motifs is 2. The Morgan fingerprint density at radius 3 is 2.34 bits per heavy atom. The molecule has 4 aliphatic heterocycles. The molecule has 68 heavy (non-hydrogen) atoms. The van der Waals surface area contributed by atoms with Gasteiger partial charge in [0.2, 0.25) is 23.6 Å². The van der Waals surface area contributed by atoms with Gasteiger partial charge in [0, 0.05) is 68.8 Å². The zero-order valence-corrected chi connectivity index (χ0v) is 39.4. The van der Waals surface area contributed by atoms with Crippen molar-refractivity contribution in [3.05, 3.63) is 111 Å². The molecule has 0 aliphatic carbocycles. The van der Waals surface area contributed by atoms with Crippen molar-refractivity contribution >= 4 is 57.0 Å². The molecule has 2 atom stereocenters. The third-order valence-corrected chi connectivity index (χ3v) is 14.7. The lowest BCUT2D eigenvalue weighted by atomic mass is 9.89. The van der Waals surface area contributed by atoms with Crippen LogP contribution in [0.4, 0.5) is 5.69 Å². The van der Waals surface area contributed by atoms with E-state index in [1.807, 2.05) is 61.2 Å². The molecule has 0 bridgehead atoms. The van der Waals surface area contributed by atoms with Crippen molar-refractivity contribution in [3.8, 4) is 11.8 Å². The van der Waals surface area contributed by atoms with Crippen LogP contribution in [0.2, 0.25) is 0 Å². The van der Waals surface area contributed by atoms with Crippen molar-refractivity contribution in [3.63, 3.8) is 0 Å². The molecular weight excluding hydrogens is 857 g/mol. The molecule has 14 heteroatoms. The van der Waals surface area contributed by atoms with E-state index < -0.39 is 11.9 Å². The summed E-state index contributed by atoms with van der Waals surface area (Å²) in [6, 6.07) is 22.9. The minimum Gasteiger partial charge on any atom is -0.345 e. The van der Waals surface area contributed by atoms with E-state index in [2.05, 4.69) is 62.3 Å². The van der Waals surface area contributed by atoms with Crippen LogP contribution >= 0.6 is 0 Å². The van der Waals surface area contributed by atoms with E-state index in [1.165, 1.54) is 4.57 Å². The number of carbonyl (C=O) groups is 5. The van der Waals surface area contributed by atoms with Gasteiger partial charge in [0.05, 0.1) is 23.0 Å². The zero-order valence-electron chi connectivity index (χ0n) is 39.4. The quantitative estimate of drug-likeness (QED) is 0.0666. The molecule has 4 fully saturated rings. The van der Waals surface area contributed by atoms with E-state index in [4.69, 9.17) is 0 Å². The Morgan fingerprint density at radius 2 is 1.60 bits per heavy atom. The molecule has 4 N–H and O–H groups in total. The van der Waals surface area contributed by atoms with Gasteiger partial charge in [0.15, 0.2) is 0 Å². The molecule has 0 spiro atoms. The van der Waals surface area contributed by atoms with E-state index >= 15 is 0 Å². The topological polar surface area (TPSA) is 167 Å². The van der Waals surface area contributed by atoms with E-state index in [-0.39, 0.29) is 53.6 Å². The summed E-state index contributed by atoms with van der Waals surface area (Å²) in [6.45, 7) is 9.62. The monoisotopic (exact) mass is 918 g/mol. The number of imide groups is 1. The maximum Gasteiger partial charge on any atom is 0.329 e. The third kappa shape index (κ3) is 10.0. The number of unbranched alkanes of at least 4 members (excludes halogenated alkanes) is 1. The average molecular weight is 919 g/mol. The van der Waals surface area contributed by atoms with Gasteiger partial charge in [-0.25, -0.2) is 4.79 Å². The minimum atomic E-state index is -0.708. The number of imidazole rings is 1. The summed E-state index contributed by atoms with van der Waals surface area (Å²) in [5.74, 6) is 6.89. The second-order valence-electron chi connectivity index (χ2n) is 19.2. The molecule has 4 saturated heterocycles. The van der Waals surface area contributed by atoms with Gasteiger partial charge in [-0.15, -0.1) is 0 Å². The molecule has 0 saturated carbocycles. The summed E-state index contributed by atoms with van der Waals surface area (Å²) in [4.78, 5) is 81.4. The second-order valence-corrected chi connectivity index (χ2v) is 19.2. The van der Waals surface area contributed by atoms with Crippen molar-refractivity contribution in [1.82, 2.24) is 34.9 Å². The Hall–Kier alpha value is -6.56. The molecule has 1 unspecified atom stereocenters. The first-order valence-electron chi connectivity index (χ1n) is 24.4. The standard InChI is InChI=1S/C54H62N8O6/c1-34-11-16-41(57-51(65)40-32-55-33-40)31-45(34)52(66)56-35(2)42-17-14-38(43-8-4-5-9-44(42)43)13-12-36-21-26-60(27-22-36)25-7-6-10-50(64)61-28-23-37(24-29-61)39-15-18-46-48(30-39)59(3)54(68)62(46)47-19-20-49(63)58-53(47)67/h4-5,8-9,11,14-18,30-31,35-37,40,47,55H,6-7,10,19-29,32-33H2,1-3H3,(H,56,66)(H,57,65)(H,58,63,67)/t35-,47?/m1/s1. The van der Waals surface area contributed by atoms with Crippen LogP contribution in [0.3, 0.4) is 0 Å². The summed E-state index contributed by atoms with van der Waals surface area (Å²) >= 11 is 0. The molecule has 5 heterocycles. The Labute approximate surface area is 397 Å². The van der Waals surface area contributed by atoms with Crippen LogP contribution in [-0.4, -0.2) is 94.3 Å². The maximum atomic E-state index is 13.6. The van der Waals surface area contributed by atoms with Crippen LogP contribution in [0, 0.1) is 30.6 Å². The van der Waals surface area contributed by atoms with Crippen molar-refractivity contribution in [2.75, 3.05) is 51.1 Å². The fourth-order valence-electron chi connectivity index (χ4n) is 10.4. The van der Waals surface area contributed by atoms with E-state index in [0.29, 0.717) is 61.7 Å². The third-order valence-electron chi connectivity index (χ3n) is 14.7. The highest BCUT2D eigenvalue weighted by Crippen LogP contribution is 2.33. The number of carbonyl (C=O) groups excluding carboxylic acids is 5. The number of aromatic nitrogens is 2. The van der Waals surface area contributed by atoms with Gasteiger partial charge >= 0.3 is 5.69 Å². The Bertz CT molecular complexity index is 2890. The highest BCUT2D eigenvalue weighted by atomic mass is 16.2. The van der Waals surface area contributed by atoms with Crippen LogP contribution in [-0.2, 0) is 26.2 Å². The van der Waals surface area contributed by atoms with Crippen LogP contribution < -0.4 is 27.0 Å². The lowest BCUT2D eigenvalue weighted by Gasteiger charge is -2.32. The molecule has 0 radical (unpaired) electrons. The first-order chi connectivity index (χ1) is 32.9. The number of rotatable bonds is 12. The molecule has 1 aromatic heterocycles. The molecule has 9 rings (SSSR count). The normalized spacial score (nSPS) is 19.0. The molecule has 354 valence electrons. The summed E-state index contributed by atoms with van der Waals surface area (Å²) in [6.07, 6.45) is 6.65. The predicted octanol–water partition coefficient (Wildman–Crippen LogP) is 6.07. The minimum absolute atomic E-state index is 0.0371. The highest BCUT2D eigenvalue weighted by Gasteiger charge is 2.32. The number of piperidine rings is 3. The molecule has 4 aliphatic rings. The Morgan fingerprint density at radius 1 is 0.838 bits per heavy atom. The maximum absolute atomic E-state index is 13.6. The number of benzene rings is 4. The number of hydrogen-bond acceptors (Lipinski definition) is 8. The zero-order chi connectivity index (χ0) is 47.5. The molecule has 5 aromatic rings. The fraction of sp³-hybridized carbons (Fsp3) is 0.444.